The van der Waals surface area contributed by atoms with Crippen molar-refractivity contribution in [3.63, 3.8) is 0 Å². The van der Waals surface area contributed by atoms with E-state index in [0.717, 1.165) is 5.92 Å². The number of anilines is 1. The molecule has 7 heteroatoms. The van der Waals surface area contributed by atoms with Crippen molar-refractivity contribution < 1.29 is 0 Å². The molecule has 2 aliphatic heterocycles. The average molecular weight is 588 g/mol. The van der Waals surface area contributed by atoms with Crippen LogP contribution in [0.15, 0.2) is 29.2 Å². The molecule has 2 aliphatic carbocycles. The summed E-state index contributed by atoms with van der Waals surface area (Å²) in [4.78, 5) is 6.43. The van der Waals surface area contributed by atoms with Gasteiger partial charge in [0.1, 0.15) is 0 Å². The lowest BCUT2D eigenvalue weighted by molar-refractivity contribution is 0.177. The van der Waals surface area contributed by atoms with E-state index < -0.39 is 0 Å². The first-order valence-corrected chi connectivity index (χ1v) is 17.9. The van der Waals surface area contributed by atoms with E-state index in [-0.39, 0.29) is 0 Å². The van der Waals surface area contributed by atoms with Crippen LogP contribution in [0.4, 0.5) is 5.69 Å². The van der Waals surface area contributed by atoms with Crippen molar-refractivity contribution in [1.29, 1.82) is 0 Å². The molecule has 4 aliphatic rings. The predicted molar refractivity (Wildman–Crippen MR) is 176 cm³/mol. The fourth-order valence-corrected chi connectivity index (χ4v) is 9.19. The molecule has 0 atom stereocenters. The van der Waals surface area contributed by atoms with Gasteiger partial charge in [-0.1, -0.05) is 33.1 Å². The highest BCUT2D eigenvalue weighted by Gasteiger charge is 2.46. The monoisotopic (exact) mass is 587 g/mol. The number of benzene rings is 1. The average Bonchev–Trinajstić information content (AvgIpc) is 3.68. The van der Waals surface area contributed by atoms with Crippen molar-refractivity contribution >= 4 is 29.8 Å². The lowest BCUT2D eigenvalue weighted by atomic mass is 9.83. The zero-order valence-corrected chi connectivity index (χ0v) is 27.7. The lowest BCUT2D eigenvalue weighted by Crippen LogP contribution is -2.41. The first-order chi connectivity index (χ1) is 19.3. The van der Waals surface area contributed by atoms with Gasteiger partial charge in [0.15, 0.2) is 0 Å². The third-order valence-electron chi connectivity index (χ3n) is 9.88. The number of piperidine rings is 1. The van der Waals surface area contributed by atoms with Crippen LogP contribution in [0.1, 0.15) is 84.5 Å². The molecule has 5 rings (SSSR count). The highest BCUT2D eigenvalue weighted by atomic mass is 32.2. The van der Waals surface area contributed by atoms with E-state index in [9.17, 15) is 0 Å². The molecule has 5 nitrogen and oxygen atoms in total. The second-order valence-corrected chi connectivity index (χ2v) is 16.8. The predicted octanol–water partition coefficient (Wildman–Crippen LogP) is 7.51. The van der Waals surface area contributed by atoms with Crippen LogP contribution in [0.3, 0.4) is 0 Å². The van der Waals surface area contributed by atoms with Crippen molar-refractivity contribution in [2.45, 2.75) is 89.4 Å². The Morgan fingerprint density at radius 2 is 1.35 bits per heavy atom. The van der Waals surface area contributed by atoms with Gasteiger partial charge in [0.05, 0.1) is 0 Å². The van der Waals surface area contributed by atoms with Gasteiger partial charge in [-0.2, -0.15) is 0 Å². The maximum absolute atomic E-state index is 2.85. The molecule has 2 saturated heterocycles. The van der Waals surface area contributed by atoms with Crippen LogP contribution in [0, 0.1) is 16.7 Å². The molecule has 0 radical (unpaired) electrons. The van der Waals surface area contributed by atoms with Gasteiger partial charge in [0.25, 0.3) is 0 Å². The first kappa shape index (κ1) is 31.0. The standard InChI is InChI=1S/C33H57N5S2/c1-32(2)18-24-36(25-19-32)40-38-23-9-21-35(26-29-10-6-5-7-11-29)20-8-22-37(27-33(28-38)16-17-33)39-31-14-12-30(13-15-31)34(3)4/h12-15,29H,5-11,16-28H2,1-4H3. The highest BCUT2D eigenvalue weighted by molar-refractivity contribution is 7.97. The van der Waals surface area contributed by atoms with Crippen LogP contribution < -0.4 is 4.90 Å². The quantitative estimate of drug-likeness (QED) is 0.303. The Hall–Kier alpha value is -0.440. The fourth-order valence-electron chi connectivity index (χ4n) is 6.86. The fraction of sp³-hybridized carbons (Fsp3) is 0.818. The molecule has 1 aromatic carbocycles. The molecule has 0 bridgehead atoms. The Morgan fingerprint density at radius 3 is 1.98 bits per heavy atom. The van der Waals surface area contributed by atoms with Gasteiger partial charge in [-0.3, -0.25) is 0 Å². The summed E-state index contributed by atoms with van der Waals surface area (Å²) < 4.78 is 8.22. The van der Waals surface area contributed by atoms with Crippen LogP contribution in [0.2, 0.25) is 0 Å². The van der Waals surface area contributed by atoms with Gasteiger partial charge >= 0.3 is 0 Å². The van der Waals surface area contributed by atoms with E-state index in [0.29, 0.717) is 10.8 Å². The third kappa shape index (κ3) is 9.54. The summed E-state index contributed by atoms with van der Waals surface area (Å²) in [5.41, 5.74) is 2.27. The Morgan fingerprint density at radius 1 is 0.725 bits per heavy atom. The molecule has 1 spiro atoms. The second kappa shape index (κ2) is 14.4. The van der Waals surface area contributed by atoms with Gasteiger partial charge in [-0.05, 0) is 117 Å². The zero-order valence-electron chi connectivity index (χ0n) is 26.1. The lowest BCUT2D eigenvalue weighted by Gasteiger charge is -2.39. The summed E-state index contributed by atoms with van der Waals surface area (Å²) >= 11 is 4.11. The molecule has 2 heterocycles. The van der Waals surface area contributed by atoms with Gasteiger partial charge in [0.2, 0.25) is 0 Å². The Bertz CT molecular complexity index is 887. The van der Waals surface area contributed by atoms with Crippen LogP contribution in [0.5, 0.6) is 0 Å². The van der Waals surface area contributed by atoms with E-state index in [1.165, 1.54) is 140 Å². The summed E-state index contributed by atoms with van der Waals surface area (Å²) in [5, 5.41) is 0. The van der Waals surface area contributed by atoms with Crippen molar-refractivity contribution in [2.75, 3.05) is 77.9 Å². The summed E-state index contributed by atoms with van der Waals surface area (Å²) in [6.07, 6.45) is 15.3. The van der Waals surface area contributed by atoms with Crippen molar-refractivity contribution in [1.82, 2.24) is 17.8 Å². The molecule has 1 aromatic rings. The normalized spacial score (nSPS) is 26.3. The summed E-state index contributed by atoms with van der Waals surface area (Å²) in [6, 6.07) is 9.20. The Labute approximate surface area is 255 Å². The summed E-state index contributed by atoms with van der Waals surface area (Å²) in [6.45, 7) is 16.1. The largest absolute Gasteiger partial charge is 0.378 e. The number of hydrogen-bond acceptors (Lipinski definition) is 7. The number of hydrogen-bond donors (Lipinski definition) is 0. The number of rotatable bonds is 7. The molecule has 226 valence electrons. The van der Waals surface area contributed by atoms with Crippen LogP contribution >= 0.6 is 24.1 Å². The van der Waals surface area contributed by atoms with Crippen LogP contribution in [0.25, 0.3) is 0 Å². The maximum atomic E-state index is 2.85. The Kier molecular flexibility index (Phi) is 11.1. The molecular formula is C33H57N5S2. The first-order valence-electron chi connectivity index (χ1n) is 16.4. The van der Waals surface area contributed by atoms with E-state index in [4.69, 9.17) is 0 Å². The third-order valence-corrected chi connectivity index (χ3v) is 12.1. The van der Waals surface area contributed by atoms with Crippen molar-refractivity contribution in [2.24, 2.45) is 16.7 Å². The molecule has 0 N–H and O–H groups in total. The molecule has 4 fully saturated rings. The SMILES string of the molecule is CN(C)c1ccc(SN2CCCN(CC3CCCCC3)CCCN(SN3CCC(C)(C)CC3)CC3(CC3)C2)cc1. The molecular weight excluding hydrogens is 531 g/mol. The van der Waals surface area contributed by atoms with E-state index in [1.807, 2.05) is 11.9 Å². The molecule has 2 saturated carbocycles. The molecule has 0 aromatic heterocycles. The minimum absolute atomic E-state index is 0.472. The maximum Gasteiger partial charge on any atom is 0.0361 e. The van der Waals surface area contributed by atoms with Crippen molar-refractivity contribution in [3.8, 4) is 0 Å². The minimum Gasteiger partial charge on any atom is -0.378 e. The highest BCUT2D eigenvalue weighted by Crippen LogP contribution is 2.49. The van der Waals surface area contributed by atoms with Crippen LogP contribution in [-0.4, -0.2) is 90.8 Å². The molecule has 0 unspecified atom stereocenters. The van der Waals surface area contributed by atoms with Crippen molar-refractivity contribution in [3.05, 3.63) is 24.3 Å². The second-order valence-electron chi connectivity index (χ2n) is 14.4. The van der Waals surface area contributed by atoms with Gasteiger partial charge in [0, 0.05) is 82.6 Å². The van der Waals surface area contributed by atoms with Crippen LogP contribution in [-0.2, 0) is 0 Å². The smallest absolute Gasteiger partial charge is 0.0361 e. The number of nitrogens with zero attached hydrogens (tertiary/aromatic N) is 5. The van der Waals surface area contributed by atoms with Gasteiger partial charge in [-0.15, -0.1) is 0 Å². The van der Waals surface area contributed by atoms with E-state index >= 15 is 0 Å². The topological polar surface area (TPSA) is 16.2 Å². The Balaban J connectivity index is 1.26. The summed E-state index contributed by atoms with van der Waals surface area (Å²) in [7, 11) is 4.26. The zero-order chi connectivity index (χ0) is 28.0. The molecule has 0 amide bonds. The van der Waals surface area contributed by atoms with E-state index in [1.54, 1.807) is 0 Å². The molecule has 40 heavy (non-hydrogen) atoms. The summed E-state index contributed by atoms with van der Waals surface area (Å²) in [5.74, 6) is 0.930. The van der Waals surface area contributed by atoms with Gasteiger partial charge in [-0.25, -0.2) is 12.9 Å². The minimum atomic E-state index is 0.472. The van der Waals surface area contributed by atoms with E-state index in [2.05, 4.69) is 87.1 Å². The van der Waals surface area contributed by atoms with Gasteiger partial charge < -0.3 is 9.80 Å².